The second-order valence-electron chi connectivity index (χ2n) is 4.75. The van der Waals surface area contributed by atoms with Crippen LogP contribution in [0.2, 0.25) is 0 Å². The van der Waals surface area contributed by atoms with Gasteiger partial charge < -0.3 is 16.4 Å². The van der Waals surface area contributed by atoms with Crippen molar-refractivity contribution in [2.24, 2.45) is 0 Å². The lowest BCUT2D eigenvalue weighted by molar-refractivity contribution is 0.0956. The predicted molar refractivity (Wildman–Crippen MR) is 91.0 cm³/mol. The van der Waals surface area contributed by atoms with Crippen molar-refractivity contribution in [3.63, 3.8) is 0 Å². The van der Waals surface area contributed by atoms with E-state index in [0.717, 1.165) is 21.4 Å². The van der Waals surface area contributed by atoms with E-state index in [1.165, 1.54) is 0 Å². The molecule has 0 heterocycles. The lowest BCUT2D eigenvalue weighted by Gasteiger charge is -2.12. The molecule has 0 aromatic heterocycles. The summed E-state index contributed by atoms with van der Waals surface area (Å²) in [6.45, 7) is 4.51. The first kappa shape index (κ1) is 15.4. The first-order chi connectivity index (χ1) is 10.0. The molecule has 0 saturated carbocycles. The zero-order valence-corrected chi connectivity index (χ0v) is 13.6. The molecule has 2 aromatic rings. The minimum atomic E-state index is -0.106. The van der Waals surface area contributed by atoms with E-state index in [9.17, 15) is 4.79 Å². The minimum absolute atomic E-state index is 0.106. The molecular weight excluding hydrogens is 330 g/mol. The maximum atomic E-state index is 11.9. The molecule has 0 saturated heterocycles. The third-order valence-electron chi connectivity index (χ3n) is 3.10. The van der Waals surface area contributed by atoms with E-state index in [4.69, 9.17) is 5.73 Å². The second kappa shape index (κ2) is 6.63. The average molecular weight is 348 g/mol. The van der Waals surface area contributed by atoms with Crippen molar-refractivity contribution < 1.29 is 4.79 Å². The highest BCUT2D eigenvalue weighted by Gasteiger charge is 2.08. The van der Waals surface area contributed by atoms with Crippen LogP contribution in [0.4, 0.5) is 17.1 Å². The third kappa shape index (κ3) is 3.76. The number of hydrogen-bond acceptors (Lipinski definition) is 3. The molecule has 5 heteroatoms. The molecule has 4 nitrogen and oxygen atoms in total. The summed E-state index contributed by atoms with van der Waals surface area (Å²) in [6.07, 6.45) is 0. The number of carbonyl (C=O) groups excluding carboxylic acids is 1. The number of halogens is 1. The van der Waals surface area contributed by atoms with E-state index in [1.54, 1.807) is 18.2 Å². The molecule has 2 aromatic carbocycles. The number of anilines is 3. The van der Waals surface area contributed by atoms with Crippen LogP contribution in [0, 0.1) is 6.92 Å². The summed E-state index contributed by atoms with van der Waals surface area (Å²) in [5, 5.41) is 6.02. The number of rotatable bonds is 4. The molecule has 21 heavy (non-hydrogen) atoms. The summed E-state index contributed by atoms with van der Waals surface area (Å²) in [6, 6.07) is 11.2. The summed E-state index contributed by atoms with van der Waals surface area (Å²) in [5.41, 5.74) is 9.94. The van der Waals surface area contributed by atoms with Crippen LogP contribution in [0.25, 0.3) is 0 Å². The normalized spacial score (nSPS) is 10.2. The van der Waals surface area contributed by atoms with E-state index in [2.05, 4.69) is 26.6 Å². The SMILES string of the molecule is CCNC(=O)c1ccc(N)c(Nc2ccc(C)c(Br)c2)c1. The van der Waals surface area contributed by atoms with Gasteiger partial charge in [-0.15, -0.1) is 0 Å². The maximum absolute atomic E-state index is 11.9. The molecule has 1 amide bonds. The fraction of sp³-hybridized carbons (Fsp3) is 0.188. The molecule has 2 rings (SSSR count). The van der Waals surface area contributed by atoms with Crippen LogP contribution in [0.15, 0.2) is 40.9 Å². The quantitative estimate of drug-likeness (QED) is 0.736. The molecule has 0 unspecified atom stereocenters. The molecular formula is C16H18BrN3O. The Morgan fingerprint density at radius 2 is 2.00 bits per heavy atom. The van der Waals surface area contributed by atoms with Gasteiger partial charge in [0.25, 0.3) is 5.91 Å². The Hall–Kier alpha value is -2.01. The topological polar surface area (TPSA) is 67.2 Å². The van der Waals surface area contributed by atoms with Crippen LogP contribution in [0.1, 0.15) is 22.8 Å². The molecule has 0 radical (unpaired) electrons. The van der Waals surface area contributed by atoms with Crippen molar-refractivity contribution in [2.45, 2.75) is 13.8 Å². The van der Waals surface area contributed by atoms with Gasteiger partial charge in [0.15, 0.2) is 0 Å². The lowest BCUT2D eigenvalue weighted by atomic mass is 10.1. The van der Waals surface area contributed by atoms with Gasteiger partial charge >= 0.3 is 0 Å². The predicted octanol–water partition coefficient (Wildman–Crippen LogP) is 3.83. The summed E-state index contributed by atoms with van der Waals surface area (Å²) in [7, 11) is 0. The van der Waals surface area contributed by atoms with Crippen molar-refractivity contribution >= 4 is 38.9 Å². The van der Waals surface area contributed by atoms with E-state index in [1.807, 2.05) is 32.0 Å². The Morgan fingerprint density at radius 3 is 2.67 bits per heavy atom. The second-order valence-corrected chi connectivity index (χ2v) is 5.60. The van der Waals surface area contributed by atoms with Crippen molar-refractivity contribution in [3.05, 3.63) is 52.0 Å². The summed E-state index contributed by atoms with van der Waals surface area (Å²) in [5.74, 6) is -0.106. The van der Waals surface area contributed by atoms with Crippen LogP contribution in [-0.4, -0.2) is 12.5 Å². The van der Waals surface area contributed by atoms with Gasteiger partial charge in [0.1, 0.15) is 0 Å². The van der Waals surface area contributed by atoms with Gasteiger partial charge in [-0.1, -0.05) is 22.0 Å². The minimum Gasteiger partial charge on any atom is -0.397 e. The molecule has 0 aliphatic heterocycles. The fourth-order valence-electron chi connectivity index (χ4n) is 1.89. The van der Waals surface area contributed by atoms with Crippen LogP contribution in [0.3, 0.4) is 0 Å². The van der Waals surface area contributed by atoms with Gasteiger partial charge in [-0.3, -0.25) is 4.79 Å². The Balaban J connectivity index is 2.28. The van der Waals surface area contributed by atoms with Crippen LogP contribution in [-0.2, 0) is 0 Å². The van der Waals surface area contributed by atoms with Crippen molar-refractivity contribution in [3.8, 4) is 0 Å². The third-order valence-corrected chi connectivity index (χ3v) is 3.96. The zero-order chi connectivity index (χ0) is 15.4. The maximum Gasteiger partial charge on any atom is 0.251 e. The van der Waals surface area contributed by atoms with Crippen molar-refractivity contribution in [2.75, 3.05) is 17.6 Å². The number of amides is 1. The highest BCUT2D eigenvalue weighted by molar-refractivity contribution is 9.10. The first-order valence-corrected chi connectivity index (χ1v) is 7.51. The van der Waals surface area contributed by atoms with Gasteiger partial charge in [0, 0.05) is 22.3 Å². The van der Waals surface area contributed by atoms with Gasteiger partial charge in [0.2, 0.25) is 0 Å². The Kier molecular flexibility index (Phi) is 4.85. The first-order valence-electron chi connectivity index (χ1n) is 6.72. The van der Waals surface area contributed by atoms with Crippen molar-refractivity contribution in [1.29, 1.82) is 0 Å². The largest absolute Gasteiger partial charge is 0.397 e. The molecule has 0 spiro atoms. The Labute approximate surface area is 132 Å². The number of nitrogens with two attached hydrogens (primary N) is 1. The summed E-state index contributed by atoms with van der Waals surface area (Å²) >= 11 is 3.50. The summed E-state index contributed by atoms with van der Waals surface area (Å²) in [4.78, 5) is 11.9. The monoisotopic (exact) mass is 347 g/mol. The number of nitrogen functional groups attached to an aromatic ring is 1. The molecule has 0 aliphatic carbocycles. The van der Waals surface area contributed by atoms with Crippen LogP contribution in [0.5, 0.6) is 0 Å². The number of nitrogens with one attached hydrogen (secondary N) is 2. The zero-order valence-electron chi connectivity index (χ0n) is 12.0. The van der Waals surface area contributed by atoms with E-state index < -0.39 is 0 Å². The van der Waals surface area contributed by atoms with E-state index in [0.29, 0.717) is 17.8 Å². The van der Waals surface area contributed by atoms with Crippen LogP contribution < -0.4 is 16.4 Å². The number of aryl methyl sites for hydroxylation is 1. The van der Waals surface area contributed by atoms with E-state index >= 15 is 0 Å². The molecule has 0 aliphatic rings. The molecule has 0 atom stereocenters. The number of carbonyl (C=O) groups is 1. The van der Waals surface area contributed by atoms with Crippen molar-refractivity contribution in [1.82, 2.24) is 5.32 Å². The standard InChI is InChI=1S/C16H18BrN3O/c1-3-19-16(21)11-5-7-14(18)15(8-11)20-12-6-4-10(2)13(17)9-12/h4-9,20H,3,18H2,1-2H3,(H,19,21). The Morgan fingerprint density at radius 1 is 1.24 bits per heavy atom. The number of hydrogen-bond donors (Lipinski definition) is 3. The van der Waals surface area contributed by atoms with Gasteiger partial charge in [0.05, 0.1) is 11.4 Å². The smallest absolute Gasteiger partial charge is 0.251 e. The van der Waals surface area contributed by atoms with E-state index in [-0.39, 0.29) is 5.91 Å². The lowest BCUT2D eigenvalue weighted by Crippen LogP contribution is -2.22. The van der Waals surface area contributed by atoms with Gasteiger partial charge in [-0.25, -0.2) is 0 Å². The molecule has 4 N–H and O–H groups in total. The van der Waals surface area contributed by atoms with Crippen LogP contribution >= 0.6 is 15.9 Å². The molecule has 0 fully saturated rings. The number of benzene rings is 2. The molecule has 110 valence electrons. The highest BCUT2D eigenvalue weighted by Crippen LogP contribution is 2.27. The van der Waals surface area contributed by atoms with Gasteiger partial charge in [-0.05, 0) is 49.7 Å². The summed E-state index contributed by atoms with van der Waals surface area (Å²) < 4.78 is 1.02. The average Bonchev–Trinajstić information content (AvgIpc) is 2.45. The van der Waals surface area contributed by atoms with Gasteiger partial charge in [-0.2, -0.15) is 0 Å². The fourth-order valence-corrected chi connectivity index (χ4v) is 2.27. The molecule has 0 bridgehead atoms. The highest BCUT2D eigenvalue weighted by atomic mass is 79.9. The Bertz CT molecular complexity index is 671.